The second-order valence-electron chi connectivity index (χ2n) is 4.31. The van der Waals surface area contributed by atoms with Gasteiger partial charge in [-0.3, -0.25) is 4.57 Å². The number of benzene rings is 1. The van der Waals surface area contributed by atoms with Gasteiger partial charge in [-0.15, -0.1) is 0 Å². The molecule has 18 heavy (non-hydrogen) atoms. The molecule has 0 bridgehead atoms. The largest absolute Gasteiger partial charge is 0.449 e. The third-order valence-corrected chi connectivity index (χ3v) is 2.89. The molecule has 0 spiro atoms. The Morgan fingerprint density at radius 3 is 2.94 bits per heavy atom. The van der Waals surface area contributed by atoms with Gasteiger partial charge >= 0.3 is 6.09 Å². The van der Waals surface area contributed by atoms with Gasteiger partial charge in [0.05, 0.1) is 12.1 Å². The van der Waals surface area contributed by atoms with Crippen molar-refractivity contribution in [2.75, 3.05) is 6.61 Å². The van der Waals surface area contributed by atoms with Crippen molar-refractivity contribution in [1.82, 2.24) is 4.57 Å². The molecule has 1 aromatic carbocycles. The number of aryl methyl sites for hydroxylation is 1. The van der Waals surface area contributed by atoms with Crippen molar-refractivity contribution in [3.63, 3.8) is 0 Å². The average Bonchev–Trinajstić information content (AvgIpc) is 2.73. The van der Waals surface area contributed by atoms with Crippen LogP contribution in [0, 0.1) is 12.7 Å². The first kappa shape index (κ1) is 12.6. The Morgan fingerprint density at radius 2 is 2.22 bits per heavy atom. The van der Waals surface area contributed by atoms with E-state index in [4.69, 9.17) is 4.74 Å². The molecule has 0 atom stereocenters. The summed E-state index contributed by atoms with van der Waals surface area (Å²) in [6.45, 7) is 4.12. The van der Waals surface area contributed by atoms with Crippen LogP contribution in [0.2, 0.25) is 0 Å². The van der Waals surface area contributed by atoms with Crippen LogP contribution >= 0.6 is 0 Å². The summed E-state index contributed by atoms with van der Waals surface area (Å²) in [7, 11) is 0. The van der Waals surface area contributed by atoms with Crippen molar-refractivity contribution >= 4 is 17.0 Å². The van der Waals surface area contributed by atoms with Crippen LogP contribution in [0.25, 0.3) is 10.9 Å². The summed E-state index contributed by atoms with van der Waals surface area (Å²) >= 11 is 0. The number of unbranched alkanes of at least 4 members (excludes halogenated alkanes) is 1. The molecule has 0 aliphatic heterocycles. The second kappa shape index (κ2) is 5.21. The van der Waals surface area contributed by atoms with Crippen LogP contribution in [-0.4, -0.2) is 17.3 Å². The lowest BCUT2D eigenvalue weighted by Crippen LogP contribution is -2.13. The fourth-order valence-corrected chi connectivity index (χ4v) is 1.80. The Hall–Kier alpha value is -1.84. The fourth-order valence-electron chi connectivity index (χ4n) is 1.80. The van der Waals surface area contributed by atoms with E-state index in [1.165, 1.54) is 10.6 Å². The highest BCUT2D eigenvalue weighted by Crippen LogP contribution is 2.20. The van der Waals surface area contributed by atoms with Crippen molar-refractivity contribution in [2.24, 2.45) is 0 Å². The SMILES string of the molecule is CCCCOC(=O)n1ccc2cc(C)c(F)cc21. The van der Waals surface area contributed by atoms with E-state index in [0.29, 0.717) is 17.7 Å². The molecule has 0 amide bonds. The number of rotatable bonds is 3. The monoisotopic (exact) mass is 249 g/mol. The summed E-state index contributed by atoms with van der Waals surface area (Å²) in [6.07, 6.45) is 2.95. The normalized spacial score (nSPS) is 10.8. The summed E-state index contributed by atoms with van der Waals surface area (Å²) in [5.41, 5.74) is 1.11. The first-order chi connectivity index (χ1) is 8.63. The van der Waals surface area contributed by atoms with E-state index in [0.717, 1.165) is 18.2 Å². The zero-order valence-electron chi connectivity index (χ0n) is 10.6. The van der Waals surface area contributed by atoms with Crippen molar-refractivity contribution in [2.45, 2.75) is 26.7 Å². The standard InChI is InChI=1S/C14H16FNO2/c1-3-4-7-18-14(17)16-6-5-11-8-10(2)12(15)9-13(11)16/h5-6,8-9H,3-4,7H2,1-2H3. The number of hydrogen-bond acceptors (Lipinski definition) is 2. The summed E-state index contributed by atoms with van der Waals surface area (Å²) in [6, 6.07) is 4.87. The molecule has 0 aliphatic carbocycles. The summed E-state index contributed by atoms with van der Waals surface area (Å²) in [5.74, 6) is -0.316. The third kappa shape index (κ3) is 2.37. The first-order valence-corrected chi connectivity index (χ1v) is 6.08. The fraction of sp³-hybridized carbons (Fsp3) is 0.357. The van der Waals surface area contributed by atoms with Crippen LogP contribution in [0.3, 0.4) is 0 Å². The maximum absolute atomic E-state index is 13.5. The van der Waals surface area contributed by atoms with E-state index in [2.05, 4.69) is 0 Å². The highest BCUT2D eigenvalue weighted by atomic mass is 19.1. The van der Waals surface area contributed by atoms with Crippen molar-refractivity contribution in [3.05, 3.63) is 35.8 Å². The molecule has 0 aliphatic rings. The molecule has 4 heteroatoms. The average molecular weight is 249 g/mol. The van der Waals surface area contributed by atoms with Crippen LogP contribution in [0.5, 0.6) is 0 Å². The molecule has 0 unspecified atom stereocenters. The molecule has 0 saturated heterocycles. The lowest BCUT2D eigenvalue weighted by molar-refractivity contribution is 0.147. The lowest BCUT2D eigenvalue weighted by atomic mass is 10.2. The molecule has 1 heterocycles. The Bertz CT molecular complexity index is 574. The molecule has 0 fully saturated rings. The Balaban J connectivity index is 2.28. The first-order valence-electron chi connectivity index (χ1n) is 6.08. The van der Waals surface area contributed by atoms with Gasteiger partial charge in [-0.2, -0.15) is 0 Å². The minimum Gasteiger partial charge on any atom is -0.449 e. The number of carbonyl (C=O) groups excluding carboxylic acids is 1. The van der Waals surface area contributed by atoms with Gasteiger partial charge in [0.2, 0.25) is 0 Å². The zero-order valence-corrected chi connectivity index (χ0v) is 10.6. The number of ether oxygens (including phenoxy) is 1. The summed E-state index contributed by atoms with van der Waals surface area (Å²) in [5, 5.41) is 0.835. The minimum absolute atomic E-state index is 0.316. The summed E-state index contributed by atoms with van der Waals surface area (Å²) in [4.78, 5) is 11.8. The maximum Gasteiger partial charge on any atom is 0.418 e. The molecule has 2 rings (SSSR count). The van der Waals surface area contributed by atoms with Crippen LogP contribution in [0.15, 0.2) is 24.4 Å². The maximum atomic E-state index is 13.5. The van der Waals surface area contributed by atoms with Gasteiger partial charge in [-0.25, -0.2) is 9.18 Å². The van der Waals surface area contributed by atoms with Crippen molar-refractivity contribution in [3.8, 4) is 0 Å². The summed E-state index contributed by atoms with van der Waals surface area (Å²) < 4.78 is 20.0. The highest BCUT2D eigenvalue weighted by molar-refractivity contribution is 5.89. The molecule has 0 N–H and O–H groups in total. The van der Waals surface area contributed by atoms with Gasteiger partial charge in [0, 0.05) is 11.6 Å². The Labute approximate surface area is 105 Å². The predicted molar refractivity (Wildman–Crippen MR) is 68.3 cm³/mol. The van der Waals surface area contributed by atoms with Gasteiger partial charge < -0.3 is 4.74 Å². The number of halogens is 1. The lowest BCUT2D eigenvalue weighted by Gasteiger charge is -2.06. The van der Waals surface area contributed by atoms with Gasteiger partial charge in [0.15, 0.2) is 0 Å². The molecule has 1 aromatic heterocycles. The molecule has 96 valence electrons. The van der Waals surface area contributed by atoms with Gasteiger partial charge in [-0.05, 0) is 37.1 Å². The van der Waals surface area contributed by atoms with Crippen LogP contribution in [0.1, 0.15) is 25.3 Å². The second-order valence-corrected chi connectivity index (χ2v) is 4.31. The number of hydrogen-bond donors (Lipinski definition) is 0. The molecule has 0 radical (unpaired) electrons. The Morgan fingerprint density at radius 1 is 1.44 bits per heavy atom. The molecular weight excluding hydrogens is 233 g/mol. The van der Waals surface area contributed by atoms with E-state index in [1.807, 2.05) is 6.92 Å². The molecule has 0 saturated carbocycles. The number of carbonyl (C=O) groups is 1. The third-order valence-electron chi connectivity index (χ3n) is 2.89. The van der Waals surface area contributed by atoms with Gasteiger partial charge in [0.1, 0.15) is 5.82 Å². The minimum atomic E-state index is -0.457. The van der Waals surface area contributed by atoms with Gasteiger partial charge in [0.25, 0.3) is 0 Å². The quantitative estimate of drug-likeness (QED) is 0.773. The van der Waals surface area contributed by atoms with E-state index >= 15 is 0 Å². The van der Waals surface area contributed by atoms with Crippen molar-refractivity contribution < 1.29 is 13.9 Å². The van der Waals surface area contributed by atoms with Crippen molar-refractivity contribution in [1.29, 1.82) is 0 Å². The number of nitrogens with zero attached hydrogens (tertiary/aromatic N) is 1. The molecular formula is C14H16FNO2. The molecule has 3 nitrogen and oxygen atoms in total. The highest BCUT2D eigenvalue weighted by Gasteiger charge is 2.11. The number of fused-ring (bicyclic) bond motifs is 1. The topological polar surface area (TPSA) is 31.2 Å². The van der Waals surface area contributed by atoms with Gasteiger partial charge in [-0.1, -0.05) is 13.3 Å². The predicted octanol–water partition coefficient (Wildman–Crippen LogP) is 3.87. The van der Waals surface area contributed by atoms with E-state index in [1.54, 1.807) is 25.3 Å². The number of aromatic nitrogens is 1. The van der Waals surface area contributed by atoms with Crippen LogP contribution < -0.4 is 0 Å². The van der Waals surface area contributed by atoms with E-state index < -0.39 is 6.09 Å². The molecule has 2 aromatic rings. The van der Waals surface area contributed by atoms with Crippen LogP contribution in [-0.2, 0) is 4.74 Å². The smallest absolute Gasteiger partial charge is 0.418 e. The zero-order chi connectivity index (χ0) is 13.1. The van der Waals surface area contributed by atoms with E-state index in [9.17, 15) is 9.18 Å². The Kier molecular flexibility index (Phi) is 3.65. The van der Waals surface area contributed by atoms with E-state index in [-0.39, 0.29) is 5.82 Å². The van der Waals surface area contributed by atoms with Crippen LogP contribution in [0.4, 0.5) is 9.18 Å².